The predicted molar refractivity (Wildman–Crippen MR) is 38.0 cm³/mol. The summed E-state index contributed by atoms with van der Waals surface area (Å²) in [5, 5.41) is 0. The minimum absolute atomic E-state index is 0. The molecule has 0 radical (unpaired) electrons. The third-order valence-electron chi connectivity index (χ3n) is 0.793. The Kier molecular flexibility index (Phi) is 5.54. The molecule has 1 aromatic heterocycles. The number of rotatable bonds is 1. The van der Waals surface area contributed by atoms with Gasteiger partial charge in [-0.15, -0.1) is 0 Å². The van der Waals surface area contributed by atoms with Crippen LogP contribution in [0.5, 0.6) is 0 Å². The van der Waals surface area contributed by atoms with E-state index in [4.69, 9.17) is 0 Å². The van der Waals surface area contributed by atoms with Gasteiger partial charge in [0.25, 0.3) is 6.33 Å². The van der Waals surface area contributed by atoms with Crippen molar-refractivity contribution in [2.75, 3.05) is 0 Å². The summed E-state index contributed by atoms with van der Waals surface area (Å²) in [6.45, 7) is 0. The molecular formula is C4H3I2N3O2. The lowest BCUT2D eigenvalue weighted by Crippen LogP contribution is -3.00. The van der Waals surface area contributed by atoms with Crippen molar-refractivity contribution < 1.29 is 36.8 Å². The van der Waals surface area contributed by atoms with Gasteiger partial charge in [0.15, 0.2) is 23.0 Å². The van der Waals surface area contributed by atoms with E-state index in [9.17, 15) is 4.79 Å². The Bertz CT molecular complexity index is 230. The van der Waals surface area contributed by atoms with Crippen LogP contribution in [-0.4, -0.2) is 15.9 Å². The number of nitrogens with zero attached hydrogens (tertiary/aromatic N) is 2. The lowest BCUT2D eigenvalue weighted by Gasteiger charge is -1.85. The van der Waals surface area contributed by atoms with Crippen LogP contribution in [0.2, 0.25) is 0 Å². The summed E-state index contributed by atoms with van der Waals surface area (Å²) in [5.74, 6) is -0.368. The molecule has 1 rings (SSSR count). The summed E-state index contributed by atoms with van der Waals surface area (Å²) in [6, 6.07) is 0. The molecule has 7 heteroatoms. The standard InChI is InChI=1S/C4H2IN3O2.HI/c5-10-4(9)3-7-1-6-2-8-3;/h1-2H;1H. The van der Waals surface area contributed by atoms with Gasteiger partial charge in [-0.25, -0.2) is 9.78 Å². The first-order valence-electron chi connectivity index (χ1n) is 2.35. The molecular weight excluding hydrogens is 376 g/mol. The van der Waals surface area contributed by atoms with Gasteiger partial charge in [-0.3, -0.25) is 0 Å². The number of aromatic nitrogens is 3. The number of carbonyl (C=O) groups excluding carboxylic acids is 1. The third-order valence-corrected chi connectivity index (χ3v) is 1.19. The molecule has 0 aliphatic rings. The predicted octanol–water partition coefficient (Wildman–Crippen LogP) is -3.20. The number of hydrogen-bond acceptors (Lipinski definition) is 4. The minimum Gasteiger partial charge on any atom is -1.00 e. The molecule has 1 aromatic rings. The number of aromatic amines is 1. The molecule has 0 aliphatic carbocycles. The zero-order valence-electron chi connectivity index (χ0n) is 5.12. The number of hydrogen-bond donors (Lipinski definition) is 0. The third kappa shape index (κ3) is 3.22. The zero-order valence-corrected chi connectivity index (χ0v) is 9.44. The van der Waals surface area contributed by atoms with Crippen LogP contribution in [0, 0.1) is 0 Å². The maximum Gasteiger partial charge on any atom is 0.417 e. The molecule has 11 heavy (non-hydrogen) atoms. The van der Waals surface area contributed by atoms with E-state index in [1.807, 2.05) is 0 Å². The van der Waals surface area contributed by atoms with Gasteiger partial charge < -0.3 is 27.0 Å². The van der Waals surface area contributed by atoms with E-state index in [1.54, 1.807) is 0 Å². The molecule has 0 saturated heterocycles. The van der Waals surface area contributed by atoms with Crippen LogP contribution in [-0.2, 0) is 3.07 Å². The number of nitrogens with one attached hydrogen (secondary N) is 1. The van der Waals surface area contributed by atoms with E-state index in [0.29, 0.717) is 0 Å². The summed E-state index contributed by atoms with van der Waals surface area (Å²) in [6.07, 6.45) is 2.62. The number of H-pyrrole nitrogens is 1. The maximum atomic E-state index is 10.7. The van der Waals surface area contributed by atoms with Crippen molar-refractivity contribution in [2.24, 2.45) is 0 Å². The van der Waals surface area contributed by atoms with E-state index in [1.165, 1.54) is 35.7 Å². The Morgan fingerprint density at radius 2 is 2.45 bits per heavy atom. The zero-order chi connectivity index (χ0) is 7.40. The SMILES string of the molecule is O=C(OI)c1ncnc[nH+]1.[I-]. The van der Waals surface area contributed by atoms with Gasteiger partial charge in [-0.1, -0.05) is 9.97 Å². The number of carbonyl (C=O) groups is 1. The molecule has 60 valence electrons. The first-order chi connectivity index (χ1) is 4.84. The second kappa shape index (κ2) is 5.57. The van der Waals surface area contributed by atoms with Crippen molar-refractivity contribution in [3.05, 3.63) is 18.5 Å². The fraction of sp³-hybridized carbons (Fsp3) is 0. The fourth-order valence-electron chi connectivity index (χ4n) is 0.408. The molecule has 0 saturated carbocycles. The molecule has 0 amide bonds. The maximum absolute atomic E-state index is 10.7. The smallest absolute Gasteiger partial charge is 0.417 e. The van der Waals surface area contributed by atoms with Crippen molar-refractivity contribution in [1.82, 2.24) is 9.97 Å². The van der Waals surface area contributed by atoms with E-state index >= 15 is 0 Å². The van der Waals surface area contributed by atoms with Gasteiger partial charge in [-0.2, -0.15) is 0 Å². The Labute approximate surface area is 93.7 Å². The van der Waals surface area contributed by atoms with Gasteiger partial charge in [-0.05, 0) is 0 Å². The lowest BCUT2D eigenvalue weighted by atomic mass is 10.6. The fourth-order valence-corrected chi connectivity index (χ4v) is 0.617. The van der Waals surface area contributed by atoms with E-state index in [0.717, 1.165) is 0 Å². The highest BCUT2D eigenvalue weighted by molar-refractivity contribution is 14.1. The summed E-state index contributed by atoms with van der Waals surface area (Å²) >= 11 is 1.49. The summed E-state index contributed by atoms with van der Waals surface area (Å²) in [7, 11) is 0. The quantitative estimate of drug-likeness (QED) is 0.483. The summed E-state index contributed by atoms with van der Waals surface area (Å²) in [4.78, 5) is 20.4. The molecule has 5 nitrogen and oxygen atoms in total. The first kappa shape index (κ1) is 10.9. The monoisotopic (exact) mass is 379 g/mol. The molecule has 0 atom stereocenters. The molecule has 0 bridgehead atoms. The second-order valence-electron chi connectivity index (χ2n) is 1.38. The highest BCUT2D eigenvalue weighted by atomic mass is 127. The molecule has 0 aliphatic heterocycles. The molecule has 1 heterocycles. The Morgan fingerprint density at radius 1 is 1.73 bits per heavy atom. The van der Waals surface area contributed by atoms with Crippen molar-refractivity contribution in [3.8, 4) is 0 Å². The van der Waals surface area contributed by atoms with E-state index in [-0.39, 0.29) is 29.8 Å². The van der Waals surface area contributed by atoms with Crippen LogP contribution in [0.25, 0.3) is 0 Å². The molecule has 0 unspecified atom stereocenters. The van der Waals surface area contributed by atoms with Crippen LogP contribution < -0.4 is 29.0 Å². The van der Waals surface area contributed by atoms with E-state index in [2.05, 4.69) is 18.0 Å². The average Bonchev–Trinajstić information content (AvgIpc) is 2.05. The summed E-state index contributed by atoms with van der Waals surface area (Å²) in [5.41, 5.74) is 0. The highest BCUT2D eigenvalue weighted by Gasteiger charge is 2.13. The molecule has 0 spiro atoms. The van der Waals surface area contributed by atoms with Crippen LogP contribution in [0.3, 0.4) is 0 Å². The largest absolute Gasteiger partial charge is 1.00 e. The van der Waals surface area contributed by atoms with Crippen LogP contribution >= 0.6 is 23.0 Å². The first-order valence-corrected chi connectivity index (χ1v) is 3.23. The van der Waals surface area contributed by atoms with Crippen molar-refractivity contribution >= 4 is 29.0 Å². The summed E-state index contributed by atoms with van der Waals surface area (Å²) < 4.78 is 4.35. The van der Waals surface area contributed by atoms with Crippen molar-refractivity contribution in [1.29, 1.82) is 0 Å². The Balaban J connectivity index is 0.000001000. The Hall–Kier alpha value is -0.0600. The van der Waals surface area contributed by atoms with Crippen LogP contribution in [0.15, 0.2) is 12.7 Å². The number of halogens is 2. The van der Waals surface area contributed by atoms with Gasteiger partial charge in [0, 0.05) is 0 Å². The topological polar surface area (TPSA) is 66.2 Å². The second-order valence-corrected chi connectivity index (χ2v) is 1.82. The normalized spacial score (nSPS) is 8.09. The average molecular weight is 379 g/mol. The van der Waals surface area contributed by atoms with Crippen LogP contribution in [0.4, 0.5) is 0 Å². The molecule has 0 aromatic carbocycles. The van der Waals surface area contributed by atoms with Gasteiger partial charge >= 0.3 is 11.8 Å². The van der Waals surface area contributed by atoms with Crippen molar-refractivity contribution in [2.45, 2.75) is 0 Å². The van der Waals surface area contributed by atoms with Crippen molar-refractivity contribution in [3.63, 3.8) is 0 Å². The van der Waals surface area contributed by atoms with Gasteiger partial charge in [0.2, 0.25) is 6.33 Å². The van der Waals surface area contributed by atoms with Crippen LogP contribution in [0.1, 0.15) is 10.6 Å². The van der Waals surface area contributed by atoms with E-state index < -0.39 is 5.97 Å². The molecule has 1 N–H and O–H groups in total. The van der Waals surface area contributed by atoms with Gasteiger partial charge in [0.1, 0.15) is 0 Å². The lowest BCUT2D eigenvalue weighted by molar-refractivity contribution is -0.392. The minimum atomic E-state index is -0.511. The van der Waals surface area contributed by atoms with Gasteiger partial charge in [0.05, 0.1) is 0 Å². The Morgan fingerprint density at radius 3 is 2.91 bits per heavy atom. The highest BCUT2D eigenvalue weighted by Crippen LogP contribution is 1.91. The molecule has 0 fully saturated rings.